The zero-order valence-corrected chi connectivity index (χ0v) is 10.3. The molecule has 0 saturated heterocycles. The second-order valence-corrected chi connectivity index (χ2v) is 4.31. The molecule has 1 aromatic carbocycles. The van der Waals surface area contributed by atoms with E-state index in [1.807, 2.05) is 0 Å². The Morgan fingerprint density at radius 3 is 2.73 bits per heavy atom. The Hall–Kier alpha value is -1.03. The van der Waals surface area contributed by atoms with Crippen LogP contribution in [-0.2, 0) is 0 Å². The molecule has 0 aliphatic heterocycles. The van der Waals surface area contributed by atoms with E-state index in [9.17, 15) is 4.79 Å². The maximum atomic E-state index is 10.8. The Kier molecular flexibility index (Phi) is 4.15. The number of carbonyl (C=O) groups is 1. The van der Waals surface area contributed by atoms with Crippen LogP contribution in [0.2, 0.25) is 0 Å². The molecule has 0 aromatic heterocycles. The van der Waals surface area contributed by atoms with Crippen LogP contribution in [0.3, 0.4) is 0 Å². The van der Waals surface area contributed by atoms with Crippen molar-refractivity contribution in [1.29, 1.82) is 0 Å². The van der Waals surface area contributed by atoms with Gasteiger partial charge in [-0.3, -0.25) is 0 Å². The largest absolute Gasteiger partial charge is 0.478 e. The van der Waals surface area contributed by atoms with Gasteiger partial charge in [0.25, 0.3) is 0 Å². The molecule has 1 aromatic rings. The Labute approximate surface area is 97.6 Å². The number of carboxylic acids is 1. The quantitative estimate of drug-likeness (QED) is 0.883. The predicted octanol–water partition coefficient (Wildman–Crippen LogP) is 3.36. The minimum absolute atomic E-state index is 0.282. The number of carboxylic acid groups (broad SMARTS) is 1. The van der Waals surface area contributed by atoms with Crippen molar-refractivity contribution in [2.45, 2.75) is 26.3 Å². The molecule has 4 heteroatoms. The van der Waals surface area contributed by atoms with Gasteiger partial charge in [-0.05, 0) is 47.5 Å². The average molecular weight is 272 g/mol. The molecule has 1 rings (SSSR count). The lowest BCUT2D eigenvalue weighted by molar-refractivity contribution is 0.0696. The number of nitrogens with one attached hydrogen (secondary N) is 1. The van der Waals surface area contributed by atoms with Gasteiger partial charge in [-0.1, -0.05) is 6.92 Å². The lowest BCUT2D eigenvalue weighted by Crippen LogP contribution is -2.13. The number of benzene rings is 1. The number of aromatic carboxylic acids is 1. The van der Waals surface area contributed by atoms with Gasteiger partial charge in [0.15, 0.2) is 0 Å². The van der Waals surface area contributed by atoms with Crippen LogP contribution in [0.25, 0.3) is 0 Å². The smallest absolute Gasteiger partial charge is 0.336 e. The lowest BCUT2D eigenvalue weighted by atomic mass is 10.2. The summed E-state index contributed by atoms with van der Waals surface area (Å²) in [5.74, 6) is -0.919. The van der Waals surface area contributed by atoms with Crippen LogP contribution < -0.4 is 5.32 Å². The number of rotatable bonds is 4. The zero-order chi connectivity index (χ0) is 11.4. The molecule has 1 unspecified atom stereocenters. The minimum Gasteiger partial charge on any atom is -0.478 e. The van der Waals surface area contributed by atoms with Crippen LogP contribution in [0.15, 0.2) is 22.7 Å². The first-order valence-electron chi connectivity index (χ1n) is 4.84. The third-order valence-corrected chi connectivity index (χ3v) is 2.88. The molecule has 0 bridgehead atoms. The summed E-state index contributed by atoms with van der Waals surface area (Å²) in [7, 11) is 0. The van der Waals surface area contributed by atoms with Gasteiger partial charge in [0.1, 0.15) is 0 Å². The van der Waals surface area contributed by atoms with E-state index < -0.39 is 5.97 Å². The lowest BCUT2D eigenvalue weighted by Gasteiger charge is -2.13. The van der Waals surface area contributed by atoms with Crippen molar-refractivity contribution >= 4 is 27.6 Å². The number of halogens is 1. The maximum absolute atomic E-state index is 10.8. The van der Waals surface area contributed by atoms with Gasteiger partial charge >= 0.3 is 5.97 Å². The molecule has 0 aliphatic carbocycles. The van der Waals surface area contributed by atoms with Crippen molar-refractivity contribution in [3.05, 3.63) is 28.2 Å². The number of hydrogen-bond acceptors (Lipinski definition) is 2. The summed E-state index contributed by atoms with van der Waals surface area (Å²) < 4.78 is 0.600. The molecule has 0 amide bonds. The molecule has 1 atom stereocenters. The van der Waals surface area contributed by atoms with E-state index in [1.54, 1.807) is 18.2 Å². The summed E-state index contributed by atoms with van der Waals surface area (Å²) in [5.41, 5.74) is 1.21. The monoisotopic (exact) mass is 271 g/mol. The molecule has 0 saturated carbocycles. The van der Waals surface area contributed by atoms with E-state index in [0.29, 0.717) is 10.5 Å². The fourth-order valence-electron chi connectivity index (χ4n) is 1.16. The molecule has 0 aliphatic rings. The van der Waals surface area contributed by atoms with Crippen LogP contribution in [0.4, 0.5) is 5.69 Å². The molecule has 2 N–H and O–H groups in total. The van der Waals surface area contributed by atoms with E-state index in [2.05, 4.69) is 35.1 Å². The molecular weight excluding hydrogens is 258 g/mol. The molecule has 0 radical (unpaired) electrons. The second-order valence-electron chi connectivity index (χ2n) is 3.45. The van der Waals surface area contributed by atoms with Gasteiger partial charge in [-0.25, -0.2) is 4.79 Å². The fraction of sp³-hybridized carbons (Fsp3) is 0.364. The van der Waals surface area contributed by atoms with Crippen LogP contribution in [-0.4, -0.2) is 17.1 Å². The highest BCUT2D eigenvalue weighted by molar-refractivity contribution is 9.10. The molecular formula is C11H14BrNO2. The summed E-state index contributed by atoms with van der Waals surface area (Å²) >= 11 is 3.24. The highest BCUT2D eigenvalue weighted by atomic mass is 79.9. The normalized spacial score (nSPS) is 12.2. The van der Waals surface area contributed by atoms with Crippen LogP contribution in [0.5, 0.6) is 0 Å². The Bertz CT molecular complexity index is 366. The summed E-state index contributed by atoms with van der Waals surface area (Å²) in [5, 5.41) is 12.1. The van der Waals surface area contributed by atoms with Crippen molar-refractivity contribution in [1.82, 2.24) is 0 Å². The average Bonchev–Trinajstić information content (AvgIpc) is 2.17. The van der Waals surface area contributed by atoms with Crippen LogP contribution in [0, 0.1) is 0 Å². The highest BCUT2D eigenvalue weighted by Crippen LogP contribution is 2.22. The van der Waals surface area contributed by atoms with Gasteiger partial charge in [0.2, 0.25) is 0 Å². The summed E-state index contributed by atoms with van der Waals surface area (Å²) in [6.07, 6.45) is 1.03. The summed E-state index contributed by atoms with van der Waals surface area (Å²) in [6.45, 7) is 4.18. The van der Waals surface area contributed by atoms with Crippen molar-refractivity contribution < 1.29 is 9.90 Å². The van der Waals surface area contributed by atoms with Gasteiger partial charge in [-0.15, -0.1) is 0 Å². The van der Waals surface area contributed by atoms with Crippen molar-refractivity contribution in [3.63, 3.8) is 0 Å². The molecule has 15 heavy (non-hydrogen) atoms. The molecule has 3 nitrogen and oxygen atoms in total. The molecule has 0 spiro atoms. The first kappa shape index (κ1) is 12.0. The van der Waals surface area contributed by atoms with E-state index >= 15 is 0 Å². The summed E-state index contributed by atoms with van der Waals surface area (Å²) in [6, 6.07) is 5.54. The minimum atomic E-state index is -0.919. The summed E-state index contributed by atoms with van der Waals surface area (Å²) in [4.78, 5) is 10.8. The van der Waals surface area contributed by atoms with E-state index in [-0.39, 0.29) is 5.56 Å². The van der Waals surface area contributed by atoms with E-state index in [1.165, 1.54) is 0 Å². The van der Waals surface area contributed by atoms with Gasteiger partial charge < -0.3 is 10.4 Å². The van der Waals surface area contributed by atoms with Gasteiger partial charge in [-0.2, -0.15) is 0 Å². The Morgan fingerprint density at radius 2 is 2.27 bits per heavy atom. The van der Waals surface area contributed by atoms with E-state index in [0.717, 1.165) is 12.1 Å². The first-order valence-corrected chi connectivity index (χ1v) is 5.63. The highest BCUT2D eigenvalue weighted by Gasteiger charge is 2.08. The van der Waals surface area contributed by atoms with Crippen molar-refractivity contribution in [2.75, 3.05) is 5.32 Å². The van der Waals surface area contributed by atoms with Crippen molar-refractivity contribution in [3.8, 4) is 0 Å². The SMILES string of the molecule is CCC(C)Nc1ccc(C(=O)O)c(Br)c1. The first-order chi connectivity index (χ1) is 7.04. The van der Waals surface area contributed by atoms with Crippen LogP contribution in [0.1, 0.15) is 30.6 Å². The van der Waals surface area contributed by atoms with Gasteiger partial charge in [0, 0.05) is 16.2 Å². The van der Waals surface area contributed by atoms with Gasteiger partial charge in [0.05, 0.1) is 5.56 Å². The fourth-order valence-corrected chi connectivity index (χ4v) is 1.71. The zero-order valence-electron chi connectivity index (χ0n) is 8.75. The maximum Gasteiger partial charge on any atom is 0.336 e. The van der Waals surface area contributed by atoms with E-state index in [4.69, 9.17) is 5.11 Å². The van der Waals surface area contributed by atoms with Crippen LogP contribution >= 0.6 is 15.9 Å². The topological polar surface area (TPSA) is 49.3 Å². The molecule has 82 valence electrons. The number of anilines is 1. The number of hydrogen-bond donors (Lipinski definition) is 2. The Balaban J connectivity index is 2.87. The van der Waals surface area contributed by atoms with Crippen molar-refractivity contribution in [2.24, 2.45) is 0 Å². The third kappa shape index (κ3) is 3.23. The predicted molar refractivity (Wildman–Crippen MR) is 64.5 cm³/mol. The Morgan fingerprint density at radius 1 is 1.60 bits per heavy atom. The third-order valence-electron chi connectivity index (χ3n) is 2.22. The second kappa shape index (κ2) is 5.16. The standard InChI is InChI=1S/C11H14BrNO2/c1-3-7(2)13-8-4-5-9(11(14)15)10(12)6-8/h4-7,13H,3H2,1-2H3,(H,14,15). The molecule has 0 fully saturated rings. The molecule has 0 heterocycles.